The van der Waals surface area contributed by atoms with Gasteiger partial charge in [0.15, 0.2) is 11.5 Å². The Morgan fingerprint density at radius 2 is 1.57 bits per heavy atom. The third kappa shape index (κ3) is 3.75. The first-order valence-electron chi connectivity index (χ1n) is 9.56. The van der Waals surface area contributed by atoms with Crippen molar-refractivity contribution >= 4 is 26.7 Å². The summed E-state index contributed by atoms with van der Waals surface area (Å²) in [4.78, 5) is 2.53. The predicted molar refractivity (Wildman–Crippen MR) is 117 cm³/mol. The SMILES string of the molecule is COc1cc(Br)c(C(c2ccc3ccccc3c2)N2CCNCC2)cc1OC. The molecule has 146 valence electrons. The van der Waals surface area contributed by atoms with Gasteiger partial charge >= 0.3 is 0 Å². The lowest BCUT2D eigenvalue weighted by atomic mass is 9.94. The topological polar surface area (TPSA) is 33.7 Å². The normalized spacial score (nSPS) is 16.1. The van der Waals surface area contributed by atoms with Gasteiger partial charge in [0, 0.05) is 30.7 Å². The van der Waals surface area contributed by atoms with E-state index in [0.717, 1.165) is 42.2 Å². The maximum atomic E-state index is 5.60. The Morgan fingerprint density at radius 1 is 0.893 bits per heavy atom. The Balaban J connectivity index is 1.85. The summed E-state index contributed by atoms with van der Waals surface area (Å²) in [5, 5.41) is 5.98. The molecule has 1 N–H and O–H groups in total. The van der Waals surface area contributed by atoms with Crippen molar-refractivity contribution in [3.63, 3.8) is 0 Å². The first kappa shape index (κ1) is 19.2. The van der Waals surface area contributed by atoms with E-state index >= 15 is 0 Å². The molecule has 1 aliphatic rings. The van der Waals surface area contributed by atoms with Crippen LogP contribution >= 0.6 is 15.9 Å². The van der Waals surface area contributed by atoms with E-state index < -0.39 is 0 Å². The third-order valence-corrected chi connectivity index (χ3v) is 6.09. The highest BCUT2D eigenvalue weighted by molar-refractivity contribution is 9.10. The molecule has 4 rings (SSSR count). The summed E-state index contributed by atoms with van der Waals surface area (Å²) < 4.78 is 12.1. The lowest BCUT2D eigenvalue weighted by molar-refractivity contribution is 0.197. The zero-order valence-electron chi connectivity index (χ0n) is 16.2. The largest absolute Gasteiger partial charge is 0.493 e. The molecule has 0 saturated carbocycles. The second-order valence-electron chi connectivity index (χ2n) is 7.02. The number of ether oxygens (including phenoxy) is 2. The molecule has 3 aromatic rings. The maximum Gasteiger partial charge on any atom is 0.161 e. The van der Waals surface area contributed by atoms with Crippen LogP contribution in [0.2, 0.25) is 0 Å². The van der Waals surface area contributed by atoms with E-state index in [1.54, 1.807) is 14.2 Å². The number of piperazine rings is 1. The lowest BCUT2D eigenvalue weighted by Gasteiger charge is -2.36. The van der Waals surface area contributed by atoms with Crippen LogP contribution in [-0.4, -0.2) is 45.3 Å². The fourth-order valence-electron chi connectivity index (χ4n) is 3.98. The first-order chi connectivity index (χ1) is 13.7. The molecule has 0 aliphatic carbocycles. The Bertz CT molecular complexity index is 970. The number of hydrogen-bond donors (Lipinski definition) is 1. The van der Waals surface area contributed by atoms with Gasteiger partial charge in [-0.25, -0.2) is 0 Å². The standard InChI is InChI=1S/C23H25BrN2O2/c1-27-21-14-19(20(24)15-22(21)28-2)23(26-11-9-25-10-12-26)18-8-7-16-5-3-4-6-17(16)13-18/h3-8,13-15,23,25H,9-12H2,1-2H3. The number of nitrogens with one attached hydrogen (secondary N) is 1. The molecule has 5 heteroatoms. The van der Waals surface area contributed by atoms with E-state index in [1.807, 2.05) is 6.07 Å². The van der Waals surface area contributed by atoms with E-state index in [9.17, 15) is 0 Å². The molecule has 1 heterocycles. The van der Waals surface area contributed by atoms with Gasteiger partial charge < -0.3 is 14.8 Å². The monoisotopic (exact) mass is 440 g/mol. The van der Waals surface area contributed by atoms with E-state index in [2.05, 4.69) is 74.7 Å². The Labute approximate surface area is 174 Å². The summed E-state index contributed by atoms with van der Waals surface area (Å²) in [6.45, 7) is 3.99. The highest BCUT2D eigenvalue weighted by Crippen LogP contribution is 2.41. The number of benzene rings is 3. The zero-order valence-corrected chi connectivity index (χ0v) is 17.8. The number of hydrogen-bond acceptors (Lipinski definition) is 4. The Kier molecular flexibility index (Phi) is 5.85. The van der Waals surface area contributed by atoms with Crippen molar-refractivity contribution in [2.75, 3.05) is 40.4 Å². The number of fused-ring (bicyclic) bond motifs is 1. The van der Waals surface area contributed by atoms with Gasteiger partial charge in [-0.05, 0) is 40.1 Å². The molecule has 1 aliphatic heterocycles. The fourth-order valence-corrected chi connectivity index (χ4v) is 4.52. The molecule has 1 atom stereocenters. The Morgan fingerprint density at radius 3 is 2.29 bits per heavy atom. The molecule has 0 radical (unpaired) electrons. The van der Waals surface area contributed by atoms with Gasteiger partial charge in [-0.15, -0.1) is 0 Å². The number of halogens is 1. The number of rotatable bonds is 5. The van der Waals surface area contributed by atoms with Crippen molar-refractivity contribution in [2.24, 2.45) is 0 Å². The van der Waals surface area contributed by atoms with Crippen LogP contribution < -0.4 is 14.8 Å². The molecule has 0 spiro atoms. The van der Waals surface area contributed by atoms with Gasteiger partial charge in [-0.1, -0.05) is 52.3 Å². The molecule has 1 unspecified atom stereocenters. The van der Waals surface area contributed by atoms with Crippen molar-refractivity contribution in [1.29, 1.82) is 0 Å². The van der Waals surface area contributed by atoms with Crippen molar-refractivity contribution in [3.8, 4) is 11.5 Å². The molecule has 4 nitrogen and oxygen atoms in total. The predicted octanol–water partition coefficient (Wildman–Crippen LogP) is 4.61. The maximum absolute atomic E-state index is 5.60. The first-order valence-corrected chi connectivity index (χ1v) is 10.4. The molecule has 3 aromatic carbocycles. The smallest absolute Gasteiger partial charge is 0.161 e. The van der Waals surface area contributed by atoms with Gasteiger partial charge in [0.2, 0.25) is 0 Å². The van der Waals surface area contributed by atoms with Gasteiger partial charge in [0.05, 0.1) is 20.3 Å². The minimum absolute atomic E-state index is 0.140. The van der Waals surface area contributed by atoms with Crippen LogP contribution in [0.15, 0.2) is 59.1 Å². The van der Waals surface area contributed by atoms with Crippen LogP contribution in [0.1, 0.15) is 17.2 Å². The van der Waals surface area contributed by atoms with Gasteiger partial charge in [-0.2, -0.15) is 0 Å². The van der Waals surface area contributed by atoms with Crippen LogP contribution in [-0.2, 0) is 0 Å². The highest BCUT2D eigenvalue weighted by atomic mass is 79.9. The van der Waals surface area contributed by atoms with Crippen LogP contribution in [0.3, 0.4) is 0 Å². The van der Waals surface area contributed by atoms with E-state index in [0.29, 0.717) is 0 Å². The fraction of sp³-hybridized carbons (Fsp3) is 0.304. The van der Waals surface area contributed by atoms with Crippen LogP contribution in [0.4, 0.5) is 0 Å². The molecular weight excluding hydrogens is 416 g/mol. The quantitative estimate of drug-likeness (QED) is 0.627. The number of methoxy groups -OCH3 is 2. The van der Waals surface area contributed by atoms with Gasteiger partial charge in [-0.3, -0.25) is 4.90 Å². The average Bonchev–Trinajstić information content (AvgIpc) is 2.75. The van der Waals surface area contributed by atoms with E-state index in [1.165, 1.54) is 21.9 Å². The summed E-state index contributed by atoms with van der Waals surface area (Å²) >= 11 is 3.79. The van der Waals surface area contributed by atoms with Gasteiger partial charge in [0.25, 0.3) is 0 Å². The van der Waals surface area contributed by atoms with E-state index in [-0.39, 0.29) is 6.04 Å². The number of nitrogens with zero attached hydrogens (tertiary/aromatic N) is 1. The second-order valence-corrected chi connectivity index (χ2v) is 7.88. The molecule has 0 bridgehead atoms. The lowest BCUT2D eigenvalue weighted by Crippen LogP contribution is -2.45. The average molecular weight is 441 g/mol. The minimum atomic E-state index is 0.140. The van der Waals surface area contributed by atoms with Crippen molar-refractivity contribution in [2.45, 2.75) is 6.04 Å². The van der Waals surface area contributed by atoms with Crippen LogP contribution in [0.5, 0.6) is 11.5 Å². The summed E-state index contributed by atoms with van der Waals surface area (Å²) in [5.41, 5.74) is 2.48. The molecule has 0 amide bonds. The molecule has 1 fully saturated rings. The van der Waals surface area contributed by atoms with E-state index in [4.69, 9.17) is 9.47 Å². The van der Waals surface area contributed by atoms with Crippen molar-refractivity contribution in [1.82, 2.24) is 10.2 Å². The molecule has 0 aromatic heterocycles. The van der Waals surface area contributed by atoms with Gasteiger partial charge in [0.1, 0.15) is 0 Å². The minimum Gasteiger partial charge on any atom is -0.493 e. The second kappa shape index (κ2) is 8.52. The summed E-state index contributed by atoms with van der Waals surface area (Å²) in [6, 6.07) is 19.5. The highest BCUT2D eigenvalue weighted by Gasteiger charge is 2.27. The van der Waals surface area contributed by atoms with Crippen LogP contribution in [0.25, 0.3) is 10.8 Å². The molecule has 1 saturated heterocycles. The summed E-state index contributed by atoms with van der Waals surface area (Å²) in [5.74, 6) is 1.48. The summed E-state index contributed by atoms with van der Waals surface area (Å²) in [7, 11) is 3.35. The zero-order chi connectivity index (χ0) is 19.5. The summed E-state index contributed by atoms with van der Waals surface area (Å²) in [6.07, 6.45) is 0. The van der Waals surface area contributed by atoms with Crippen molar-refractivity contribution in [3.05, 3.63) is 70.2 Å². The Hall–Kier alpha value is -2.08. The molecular formula is C23H25BrN2O2. The van der Waals surface area contributed by atoms with Crippen LogP contribution in [0, 0.1) is 0 Å². The third-order valence-electron chi connectivity index (χ3n) is 5.40. The molecule has 28 heavy (non-hydrogen) atoms. The van der Waals surface area contributed by atoms with Crippen molar-refractivity contribution < 1.29 is 9.47 Å².